The van der Waals surface area contributed by atoms with Crippen molar-refractivity contribution >= 4 is 12.0 Å². The van der Waals surface area contributed by atoms with Crippen LogP contribution >= 0.6 is 0 Å². The van der Waals surface area contributed by atoms with Crippen LogP contribution in [0.5, 0.6) is 0 Å². The summed E-state index contributed by atoms with van der Waals surface area (Å²) in [5, 5.41) is 6.69. The molecule has 1 unspecified atom stereocenters. The van der Waals surface area contributed by atoms with Gasteiger partial charge in [-0.25, -0.2) is 0 Å². The van der Waals surface area contributed by atoms with E-state index in [-0.39, 0.29) is 0 Å². The summed E-state index contributed by atoms with van der Waals surface area (Å²) in [4.78, 5) is 19.9. The van der Waals surface area contributed by atoms with Crippen molar-refractivity contribution < 1.29 is 9.63 Å². The van der Waals surface area contributed by atoms with Crippen molar-refractivity contribution in [3.63, 3.8) is 0 Å². The standard InChI is InChI=1S/C10H11N3O2/c1-11-10(7-14)5-9(13-15-10)8-3-2-4-12-6-8/h2-4,6-7,11H,5H2,1H3. The largest absolute Gasteiger partial charge is 0.365 e. The van der Waals surface area contributed by atoms with Crippen molar-refractivity contribution in [2.24, 2.45) is 5.16 Å². The summed E-state index contributed by atoms with van der Waals surface area (Å²) in [6, 6.07) is 3.70. The van der Waals surface area contributed by atoms with Crippen LogP contribution in [0.1, 0.15) is 12.0 Å². The van der Waals surface area contributed by atoms with E-state index in [4.69, 9.17) is 4.84 Å². The first-order valence-electron chi connectivity index (χ1n) is 4.60. The van der Waals surface area contributed by atoms with Crippen LogP contribution in [-0.4, -0.2) is 29.8 Å². The monoisotopic (exact) mass is 205 g/mol. The normalized spacial score (nSPS) is 24.5. The molecule has 1 N–H and O–H groups in total. The average molecular weight is 205 g/mol. The first-order valence-corrected chi connectivity index (χ1v) is 4.60. The molecule has 0 aliphatic carbocycles. The van der Waals surface area contributed by atoms with Gasteiger partial charge in [-0.15, -0.1) is 0 Å². The lowest BCUT2D eigenvalue weighted by Gasteiger charge is -2.17. The van der Waals surface area contributed by atoms with Crippen LogP contribution in [0.3, 0.4) is 0 Å². The Kier molecular flexibility index (Phi) is 2.47. The number of nitrogens with zero attached hydrogens (tertiary/aromatic N) is 2. The van der Waals surface area contributed by atoms with Crippen molar-refractivity contribution in [1.29, 1.82) is 0 Å². The van der Waals surface area contributed by atoms with Crippen LogP contribution in [0.4, 0.5) is 0 Å². The zero-order valence-corrected chi connectivity index (χ0v) is 8.30. The average Bonchev–Trinajstić information content (AvgIpc) is 2.75. The fraction of sp³-hybridized carbons (Fsp3) is 0.300. The van der Waals surface area contributed by atoms with Gasteiger partial charge in [-0.3, -0.25) is 15.1 Å². The van der Waals surface area contributed by atoms with Gasteiger partial charge in [0.05, 0.1) is 12.1 Å². The molecule has 1 aromatic rings. The van der Waals surface area contributed by atoms with E-state index in [9.17, 15) is 4.79 Å². The SMILES string of the molecule is CNC1(C=O)CC(c2cccnc2)=NO1. The molecule has 0 amide bonds. The van der Waals surface area contributed by atoms with Gasteiger partial charge in [0, 0.05) is 18.0 Å². The fourth-order valence-electron chi connectivity index (χ4n) is 1.39. The molecule has 0 saturated heterocycles. The lowest BCUT2D eigenvalue weighted by molar-refractivity contribution is -0.131. The molecular weight excluding hydrogens is 194 g/mol. The van der Waals surface area contributed by atoms with E-state index < -0.39 is 5.72 Å². The number of carbonyl (C=O) groups excluding carboxylic acids is 1. The predicted molar refractivity (Wildman–Crippen MR) is 54.3 cm³/mol. The molecule has 0 bridgehead atoms. The van der Waals surface area contributed by atoms with Gasteiger partial charge >= 0.3 is 0 Å². The Morgan fingerprint density at radius 3 is 3.07 bits per heavy atom. The number of pyridine rings is 1. The number of hydrogen-bond donors (Lipinski definition) is 1. The van der Waals surface area contributed by atoms with E-state index in [2.05, 4.69) is 15.5 Å². The third kappa shape index (κ3) is 1.73. The predicted octanol–water partition coefficient (Wildman–Crippen LogP) is 0.321. The Hall–Kier alpha value is -1.75. The Morgan fingerprint density at radius 2 is 2.53 bits per heavy atom. The summed E-state index contributed by atoms with van der Waals surface area (Å²) in [5.41, 5.74) is 0.589. The van der Waals surface area contributed by atoms with Gasteiger partial charge in [0.1, 0.15) is 0 Å². The second-order valence-corrected chi connectivity index (χ2v) is 3.31. The molecule has 1 aliphatic rings. The van der Waals surface area contributed by atoms with E-state index in [1.165, 1.54) is 0 Å². The number of nitrogens with one attached hydrogen (secondary N) is 1. The van der Waals surface area contributed by atoms with Crippen LogP contribution in [-0.2, 0) is 9.63 Å². The maximum absolute atomic E-state index is 10.9. The fourth-order valence-corrected chi connectivity index (χ4v) is 1.39. The van der Waals surface area contributed by atoms with Crippen molar-refractivity contribution in [2.75, 3.05) is 7.05 Å². The van der Waals surface area contributed by atoms with Crippen LogP contribution in [0.25, 0.3) is 0 Å². The van der Waals surface area contributed by atoms with Crippen molar-refractivity contribution in [2.45, 2.75) is 12.1 Å². The second-order valence-electron chi connectivity index (χ2n) is 3.31. The molecule has 15 heavy (non-hydrogen) atoms. The molecule has 2 heterocycles. The van der Waals surface area contributed by atoms with Gasteiger partial charge in [-0.05, 0) is 19.2 Å². The van der Waals surface area contributed by atoms with Gasteiger partial charge in [0.15, 0.2) is 6.29 Å². The molecule has 5 heteroatoms. The maximum atomic E-state index is 10.9. The number of oxime groups is 1. The first kappa shape index (κ1) is 9.79. The molecule has 1 atom stereocenters. The van der Waals surface area contributed by atoms with Gasteiger partial charge in [-0.1, -0.05) is 5.16 Å². The highest BCUT2D eigenvalue weighted by atomic mass is 16.7. The molecule has 0 radical (unpaired) electrons. The third-order valence-corrected chi connectivity index (χ3v) is 2.36. The van der Waals surface area contributed by atoms with Gasteiger partial charge in [-0.2, -0.15) is 0 Å². The van der Waals surface area contributed by atoms with Gasteiger partial charge in [0.2, 0.25) is 5.72 Å². The second kappa shape index (κ2) is 3.78. The van der Waals surface area contributed by atoms with E-state index in [1.807, 2.05) is 12.1 Å². The van der Waals surface area contributed by atoms with Crippen molar-refractivity contribution in [3.05, 3.63) is 30.1 Å². The molecule has 0 saturated carbocycles. The highest BCUT2D eigenvalue weighted by Gasteiger charge is 2.37. The molecule has 2 rings (SSSR count). The topological polar surface area (TPSA) is 63.6 Å². The summed E-state index contributed by atoms with van der Waals surface area (Å²) in [6.45, 7) is 0. The van der Waals surface area contributed by atoms with Gasteiger partial charge in [0.25, 0.3) is 0 Å². The number of aldehydes is 1. The number of rotatable bonds is 3. The zero-order valence-electron chi connectivity index (χ0n) is 8.30. The summed E-state index contributed by atoms with van der Waals surface area (Å²) >= 11 is 0. The number of aromatic nitrogens is 1. The molecule has 1 aromatic heterocycles. The van der Waals surface area contributed by atoms with E-state index in [1.54, 1.807) is 19.4 Å². The van der Waals surface area contributed by atoms with Crippen LogP contribution < -0.4 is 5.32 Å². The quantitative estimate of drug-likeness (QED) is 0.722. The number of carbonyl (C=O) groups is 1. The maximum Gasteiger partial charge on any atom is 0.249 e. The Labute approximate surface area is 87.1 Å². The smallest absolute Gasteiger partial charge is 0.249 e. The summed E-state index contributed by atoms with van der Waals surface area (Å²) in [5.74, 6) is 0. The lowest BCUT2D eigenvalue weighted by Crippen LogP contribution is -2.44. The van der Waals surface area contributed by atoms with Crippen LogP contribution in [0.15, 0.2) is 29.7 Å². The highest BCUT2D eigenvalue weighted by molar-refractivity contribution is 6.03. The van der Waals surface area contributed by atoms with Gasteiger partial charge < -0.3 is 4.84 Å². The lowest BCUT2D eigenvalue weighted by atomic mass is 10.0. The molecule has 5 nitrogen and oxygen atoms in total. The van der Waals surface area contributed by atoms with Crippen molar-refractivity contribution in [3.8, 4) is 0 Å². The minimum absolute atomic E-state index is 0.415. The minimum Gasteiger partial charge on any atom is -0.365 e. The molecule has 1 aliphatic heterocycles. The van der Waals surface area contributed by atoms with Crippen LogP contribution in [0.2, 0.25) is 0 Å². The summed E-state index contributed by atoms with van der Waals surface area (Å²) in [7, 11) is 1.66. The van der Waals surface area contributed by atoms with E-state index in [0.29, 0.717) is 6.42 Å². The molecular formula is C10H11N3O2. The third-order valence-electron chi connectivity index (χ3n) is 2.36. The minimum atomic E-state index is -1.01. The molecule has 0 fully saturated rings. The molecule has 0 aromatic carbocycles. The molecule has 0 spiro atoms. The Balaban J connectivity index is 2.20. The number of hydrogen-bond acceptors (Lipinski definition) is 5. The summed E-state index contributed by atoms with van der Waals surface area (Å²) in [6.07, 6.45) is 4.52. The van der Waals surface area contributed by atoms with E-state index in [0.717, 1.165) is 17.6 Å². The Morgan fingerprint density at radius 1 is 1.67 bits per heavy atom. The molecule has 78 valence electrons. The zero-order chi connectivity index (χ0) is 10.7. The highest BCUT2D eigenvalue weighted by Crippen LogP contribution is 2.21. The van der Waals surface area contributed by atoms with E-state index >= 15 is 0 Å². The van der Waals surface area contributed by atoms with Crippen molar-refractivity contribution in [1.82, 2.24) is 10.3 Å². The first-order chi connectivity index (χ1) is 7.29. The van der Waals surface area contributed by atoms with Crippen LogP contribution in [0, 0.1) is 0 Å². The summed E-state index contributed by atoms with van der Waals surface area (Å²) < 4.78 is 0. The number of likely N-dealkylation sites (N-methyl/N-ethyl adjacent to an activating group) is 1. The Bertz CT molecular complexity index is 391.